The Kier molecular flexibility index (Phi) is 11.1. The first-order chi connectivity index (χ1) is 25.6. The summed E-state index contributed by atoms with van der Waals surface area (Å²) >= 11 is 0. The number of ketones is 2. The van der Waals surface area contributed by atoms with Gasteiger partial charge in [0.15, 0.2) is 11.6 Å². The minimum Gasteiger partial charge on any atom is -0.383 e. The summed E-state index contributed by atoms with van der Waals surface area (Å²) in [6.07, 6.45) is 7.19. The van der Waals surface area contributed by atoms with Crippen molar-refractivity contribution < 1.29 is 9.59 Å². The highest BCUT2D eigenvalue weighted by Crippen LogP contribution is 2.35. The molecule has 10 nitrogen and oxygen atoms in total. The topological polar surface area (TPSA) is 116 Å². The summed E-state index contributed by atoms with van der Waals surface area (Å²) in [7, 11) is 0. The number of benzene rings is 2. The van der Waals surface area contributed by atoms with Crippen molar-refractivity contribution in [1.82, 2.24) is 29.7 Å². The number of carbonyl (C=O) groups is 2. The standard InChI is InChI=1S/C42H40N8O2/c51-41-35-15-9-17-37(47-23-25-49(27-31-11-1-5-19-43-31)28-32-12-2-6-20-44-32)39(35)42(52)40-36(41)16-10-18-38(40)48-24-26-50(29-33-13-3-7-21-45-33)30-34-14-4-8-22-46-34/h1-22,47-48H,23-30H2. The van der Waals surface area contributed by atoms with Crippen LogP contribution in [0.15, 0.2) is 134 Å². The van der Waals surface area contributed by atoms with Gasteiger partial charge < -0.3 is 10.6 Å². The van der Waals surface area contributed by atoms with Gasteiger partial charge in [0.05, 0.1) is 33.9 Å². The molecule has 1 aliphatic rings. The van der Waals surface area contributed by atoms with Crippen molar-refractivity contribution in [2.24, 2.45) is 0 Å². The SMILES string of the molecule is O=C1c2cccc(NCCN(Cc3ccccn3)Cc3ccccn3)c2C(=O)c2c(NCCN(Cc3ccccn3)Cc3ccccn3)cccc21. The van der Waals surface area contributed by atoms with E-state index in [0.29, 0.717) is 86.0 Å². The Bertz CT molecular complexity index is 1870. The van der Waals surface area contributed by atoms with Crippen LogP contribution in [0.2, 0.25) is 0 Å². The van der Waals surface area contributed by atoms with E-state index in [1.54, 1.807) is 36.9 Å². The number of anilines is 2. The van der Waals surface area contributed by atoms with E-state index in [1.165, 1.54) is 0 Å². The Balaban J connectivity index is 1.06. The number of rotatable bonds is 16. The van der Waals surface area contributed by atoms with Crippen molar-refractivity contribution in [2.75, 3.05) is 36.8 Å². The highest BCUT2D eigenvalue weighted by Gasteiger charge is 2.33. The Morgan fingerprint density at radius 1 is 0.423 bits per heavy atom. The van der Waals surface area contributed by atoms with Crippen LogP contribution in [0.1, 0.15) is 54.6 Å². The third kappa shape index (κ3) is 8.43. The van der Waals surface area contributed by atoms with Crippen LogP contribution in [-0.2, 0) is 26.2 Å². The van der Waals surface area contributed by atoms with E-state index in [4.69, 9.17) is 0 Å². The van der Waals surface area contributed by atoms with Crippen molar-refractivity contribution in [2.45, 2.75) is 26.2 Å². The van der Waals surface area contributed by atoms with Crippen LogP contribution in [0.5, 0.6) is 0 Å². The summed E-state index contributed by atoms with van der Waals surface area (Å²) in [4.78, 5) is 50.9. The number of hydrogen-bond acceptors (Lipinski definition) is 10. The molecule has 0 amide bonds. The lowest BCUT2D eigenvalue weighted by atomic mass is 9.82. The first kappa shape index (κ1) is 34.4. The maximum absolute atomic E-state index is 14.4. The molecule has 0 unspecified atom stereocenters. The highest BCUT2D eigenvalue weighted by molar-refractivity contribution is 6.31. The fraction of sp³-hybridized carbons (Fsp3) is 0.190. The molecule has 0 saturated carbocycles. The largest absolute Gasteiger partial charge is 0.383 e. The van der Waals surface area contributed by atoms with Crippen molar-refractivity contribution in [3.05, 3.63) is 179 Å². The monoisotopic (exact) mass is 688 g/mol. The molecule has 0 bridgehead atoms. The predicted octanol–water partition coefficient (Wildman–Crippen LogP) is 6.27. The van der Waals surface area contributed by atoms with E-state index in [1.807, 2.05) is 97.1 Å². The van der Waals surface area contributed by atoms with Crippen LogP contribution in [0.3, 0.4) is 0 Å². The van der Waals surface area contributed by atoms with Crippen LogP contribution in [0.25, 0.3) is 0 Å². The average molecular weight is 689 g/mol. The molecule has 4 heterocycles. The molecule has 0 radical (unpaired) electrons. The molecule has 2 aromatic carbocycles. The quantitative estimate of drug-likeness (QED) is 0.120. The number of fused-ring (bicyclic) bond motifs is 2. The van der Waals surface area contributed by atoms with E-state index in [9.17, 15) is 9.59 Å². The minimum absolute atomic E-state index is 0.157. The lowest BCUT2D eigenvalue weighted by Crippen LogP contribution is -2.31. The molecular weight excluding hydrogens is 649 g/mol. The van der Waals surface area contributed by atoms with Gasteiger partial charge in [-0.15, -0.1) is 0 Å². The molecular formula is C42H40N8O2. The third-order valence-corrected chi connectivity index (χ3v) is 9.01. The maximum Gasteiger partial charge on any atom is 0.198 e. The van der Waals surface area contributed by atoms with E-state index in [-0.39, 0.29) is 11.6 Å². The molecule has 260 valence electrons. The minimum atomic E-state index is -0.173. The Labute approximate surface area is 303 Å². The zero-order chi connectivity index (χ0) is 35.5. The number of hydrogen-bond donors (Lipinski definition) is 2. The van der Waals surface area contributed by atoms with Gasteiger partial charge in [0.2, 0.25) is 0 Å². The second-order valence-corrected chi connectivity index (χ2v) is 12.7. The van der Waals surface area contributed by atoms with Crippen LogP contribution >= 0.6 is 0 Å². The van der Waals surface area contributed by atoms with Crippen molar-refractivity contribution >= 4 is 22.9 Å². The van der Waals surface area contributed by atoms with Gasteiger partial charge >= 0.3 is 0 Å². The molecule has 0 aliphatic heterocycles. The van der Waals surface area contributed by atoms with Gasteiger partial charge in [-0.3, -0.25) is 39.3 Å². The molecule has 0 spiro atoms. The van der Waals surface area contributed by atoms with E-state index in [0.717, 1.165) is 22.8 Å². The van der Waals surface area contributed by atoms with Gasteiger partial charge in [-0.05, 0) is 60.7 Å². The summed E-state index contributed by atoms with van der Waals surface area (Å²) < 4.78 is 0. The predicted molar refractivity (Wildman–Crippen MR) is 202 cm³/mol. The molecule has 7 rings (SSSR count). The third-order valence-electron chi connectivity index (χ3n) is 9.01. The fourth-order valence-electron chi connectivity index (χ4n) is 6.55. The molecule has 52 heavy (non-hydrogen) atoms. The molecule has 0 saturated heterocycles. The Morgan fingerprint density at radius 3 is 1.12 bits per heavy atom. The molecule has 10 heteroatoms. The lowest BCUT2D eigenvalue weighted by molar-refractivity contribution is 0.0980. The maximum atomic E-state index is 14.4. The first-order valence-corrected chi connectivity index (χ1v) is 17.5. The van der Waals surface area contributed by atoms with E-state index in [2.05, 4.69) is 40.4 Å². The summed E-state index contributed by atoms with van der Waals surface area (Å²) in [6, 6.07) is 34.5. The van der Waals surface area contributed by atoms with E-state index < -0.39 is 0 Å². The van der Waals surface area contributed by atoms with Gasteiger partial charge in [0.1, 0.15) is 0 Å². The molecule has 4 aromatic heterocycles. The average Bonchev–Trinajstić information content (AvgIpc) is 3.18. The summed E-state index contributed by atoms with van der Waals surface area (Å²) in [6.45, 7) is 5.00. The summed E-state index contributed by atoms with van der Waals surface area (Å²) in [5.74, 6) is -0.329. The zero-order valence-corrected chi connectivity index (χ0v) is 28.9. The van der Waals surface area contributed by atoms with Gasteiger partial charge in [0, 0.05) is 99.6 Å². The van der Waals surface area contributed by atoms with Crippen LogP contribution in [0, 0.1) is 0 Å². The van der Waals surface area contributed by atoms with Crippen LogP contribution in [-0.4, -0.2) is 67.5 Å². The molecule has 2 N–H and O–H groups in total. The lowest BCUT2D eigenvalue weighted by Gasteiger charge is -2.25. The highest BCUT2D eigenvalue weighted by atomic mass is 16.1. The zero-order valence-electron chi connectivity index (χ0n) is 28.9. The number of nitrogens with zero attached hydrogens (tertiary/aromatic N) is 6. The van der Waals surface area contributed by atoms with Gasteiger partial charge in [-0.25, -0.2) is 0 Å². The van der Waals surface area contributed by atoms with Gasteiger partial charge in [-0.2, -0.15) is 0 Å². The molecule has 0 atom stereocenters. The fourth-order valence-corrected chi connectivity index (χ4v) is 6.55. The number of aromatic nitrogens is 4. The number of pyridine rings is 4. The van der Waals surface area contributed by atoms with Crippen LogP contribution in [0.4, 0.5) is 11.4 Å². The summed E-state index contributed by atoms with van der Waals surface area (Å²) in [5, 5.41) is 6.97. The molecule has 6 aromatic rings. The van der Waals surface area contributed by atoms with Crippen molar-refractivity contribution in [3.8, 4) is 0 Å². The first-order valence-electron chi connectivity index (χ1n) is 17.5. The van der Waals surface area contributed by atoms with Crippen LogP contribution < -0.4 is 10.6 Å². The normalized spacial score (nSPS) is 12.1. The van der Waals surface area contributed by atoms with E-state index >= 15 is 0 Å². The molecule has 1 aliphatic carbocycles. The summed E-state index contributed by atoms with van der Waals surface area (Å²) in [5.41, 5.74) is 6.77. The Hall–Kier alpha value is -6.10. The van der Waals surface area contributed by atoms with Crippen molar-refractivity contribution in [3.63, 3.8) is 0 Å². The van der Waals surface area contributed by atoms with Gasteiger partial charge in [-0.1, -0.05) is 48.5 Å². The number of carbonyl (C=O) groups excluding carboxylic acids is 2. The second kappa shape index (κ2) is 16.7. The second-order valence-electron chi connectivity index (χ2n) is 12.7. The van der Waals surface area contributed by atoms with Crippen molar-refractivity contribution in [1.29, 1.82) is 0 Å². The Morgan fingerprint density at radius 2 is 0.788 bits per heavy atom. The smallest absolute Gasteiger partial charge is 0.198 e. The van der Waals surface area contributed by atoms with Gasteiger partial charge in [0.25, 0.3) is 0 Å². The number of nitrogens with one attached hydrogen (secondary N) is 2. The molecule has 0 fully saturated rings.